The molecule has 0 aromatic heterocycles. The molecule has 1 aromatic rings. The van der Waals surface area contributed by atoms with Crippen LogP contribution in [0.5, 0.6) is 0 Å². The molecule has 2 bridgehead atoms. The SMILES string of the molecule is CC(C)(C)OC(=O)N1CC2CN(c3cc(F)c(Br)cc3F)CC(C1)O2. The molecule has 2 saturated heterocycles. The fraction of sp³-hybridized carbons (Fsp3) is 0.588. The highest BCUT2D eigenvalue weighted by molar-refractivity contribution is 9.10. The zero-order valence-electron chi connectivity index (χ0n) is 14.4. The predicted molar refractivity (Wildman–Crippen MR) is 92.7 cm³/mol. The molecule has 2 unspecified atom stereocenters. The van der Waals surface area contributed by atoms with E-state index in [9.17, 15) is 13.6 Å². The van der Waals surface area contributed by atoms with Crippen LogP contribution in [0.25, 0.3) is 0 Å². The highest BCUT2D eigenvalue weighted by atomic mass is 79.9. The zero-order chi connectivity index (χ0) is 18.4. The van der Waals surface area contributed by atoms with Crippen LogP contribution in [0, 0.1) is 11.6 Å². The Labute approximate surface area is 154 Å². The molecular formula is C17H21BrF2N2O3. The van der Waals surface area contributed by atoms with Crippen molar-refractivity contribution in [2.45, 2.75) is 38.6 Å². The summed E-state index contributed by atoms with van der Waals surface area (Å²) in [5.74, 6) is -0.999. The number of morpholine rings is 2. The van der Waals surface area contributed by atoms with E-state index in [1.165, 1.54) is 6.07 Å². The minimum Gasteiger partial charge on any atom is -0.444 e. The molecule has 0 radical (unpaired) electrons. The van der Waals surface area contributed by atoms with Gasteiger partial charge in [-0.05, 0) is 42.8 Å². The third-order valence-corrected chi connectivity index (χ3v) is 4.67. The number of fused-ring (bicyclic) bond motifs is 2. The van der Waals surface area contributed by atoms with E-state index >= 15 is 0 Å². The van der Waals surface area contributed by atoms with Crippen LogP contribution in [0.2, 0.25) is 0 Å². The number of ether oxygens (including phenoxy) is 2. The van der Waals surface area contributed by atoms with E-state index in [4.69, 9.17) is 9.47 Å². The molecule has 2 atom stereocenters. The molecule has 2 aliphatic heterocycles. The standard InChI is InChI=1S/C17H21BrF2N2O3/c1-17(2,3)25-16(23)22-8-10-6-21(7-11(9-22)24-10)15-5-13(19)12(18)4-14(15)20/h4-5,10-11H,6-9H2,1-3H3. The van der Waals surface area contributed by atoms with Gasteiger partial charge in [0.05, 0.1) is 35.5 Å². The molecule has 25 heavy (non-hydrogen) atoms. The first-order chi connectivity index (χ1) is 11.6. The van der Waals surface area contributed by atoms with Gasteiger partial charge in [-0.3, -0.25) is 0 Å². The number of hydrogen-bond donors (Lipinski definition) is 0. The molecule has 0 saturated carbocycles. The van der Waals surface area contributed by atoms with Gasteiger partial charge in [-0.15, -0.1) is 0 Å². The fourth-order valence-electron chi connectivity index (χ4n) is 3.12. The molecule has 3 rings (SSSR count). The molecule has 0 spiro atoms. The minimum atomic E-state index is -0.561. The molecule has 0 aliphatic carbocycles. The fourth-order valence-corrected chi connectivity index (χ4v) is 3.43. The molecule has 5 nitrogen and oxygen atoms in total. The largest absolute Gasteiger partial charge is 0.444 e. The van der Waals surface area contributed by atoms with Crippen molar-refractivity contribution >= 4 is 27.7 Å². The number of anilines is 1. The Kier molecular flexibility index (Phi) is 4.94. The van der Waals surface area contributed by atoms with Gasteiger partial charge in [0.25, 0.3) is 0 Å². The van der Waals surface area contributed by atoms with E-state index in [0.29, 0.717) is 26.2 Å². The first-order valence-corrected chi connectivity index (χ1v) is 8.94. The van der Waals surface area contributed by atoms with Crippen LogP contribution < -0.4 is 4.90 Å². The summed E-state index contributed by atoms with van der Waals surface area (Å²) in [4.78, 5) is 15.7. The van der Waals surface area contributed by atoms with Crippen LogP contribution in [0.15, 0.2) is 16.6 Å². The van der Waals surface area contributed by atoms with E-state index in [2.05, 4.69) is 15.9 Å². The Morgan fingerprint density at radius 2 is 1.76 bits per heavy atom. The number of hydrogen-bond acceptors (Lipinski definition) is 4. The summed E-state index contributed by atoms with van der Waals surface area (Å²) in [6, 6.07) is 2.31. The number of carbonyl (C=O) groups excluding carboxylic acids is 1. The van der Waals surface area contributed by atoms with Crippen molar-refractivity contribution in [3.05, 3.63) is 28.2 Å². The lowest BCUT2D eigenvalue weighted by molar-refractivity contribution is -0.0950. The summed E-state index contributed by atoms with van der Waals surface area (Å²) >= 11 is 2.98. The Morgan fingerprint density at radius 1 is 1.16 bits per heavy atom. The van der Waals surface area contributed by atoms with Gasteiger partial charge in [0.2, 0.25) is 0 Å². The second kappa shape index (κ2) is 6.72. The average molecular weight is 419 g/mol. The van der Waals surface area contributed by atoms with Crippen molar-refractivity contribution in [3.8, 4) is 0 Å². The molecule has 2 aliphatic rings. The van der Waals surface area contributed by atoms with Gasteiger partial charge in [0.15, 0.2) is 0 Å². The van der Waals surface area contributed by atoms with Gasteiger partial charge in [0, 0.05) is 19.2 Å². The smallest absolute Gasteiger partial charge is 0.410 e. The van der Waals surface area contributed by atoms with Gasteiger partial charge in [0.1, 0.15) is 17.2 Å². The third kappa shape index (κ3) is 4.23. The highest BCUT2D eigenvalue weighted by Crippen LogP contribution is 2.30. The second-order valence-corrected chi connectivity index (χ2v) is 8.24. The number of amides is 1. The Morgan fingerprint density at radius 3 is 2.32 bits per heavy atom. The number of benzene rings is 1. The molecular weight excluding hydrogens is 398 g/mol. The van der Waals surface area contributed by atoms with Crippen molar-refractivity contribution in [3.63, 3.8) is 0 Å². The lowest BCUT2D eigenvalue weighted by Crippen LogP contribution is -2.61. The van der Waals surface area contributed by atoms with Crippen molar-refractivity contribution in [1.29, 1.82) is 0 Å². The molecule has 2 heterocycles. The third-order valence-electron chi connectivity index (χ3n) is 4.06. The van der Waals surface area contributed by atoms with Gasteiger partial charge in [-0.25, -0.2) is 13.6 Å². The lowest BCUT2D eigenvalue weighted by atomic mass is 10.1. The number of carbonyl (C=O) groups is 1. The normalized spacial score (nSPS) is 23.6. The minimum absolute atomic E-state index is 0.0957. The second-order valence-electron chi connectivity index (χ2n) is 7.39. The van der Waals surface area contributed by atoms with Crippen molar-refractivity contribution in [2.24, 2.45) is 0 Å². The molecule has 1 aromatic carbocycles. The summed E-state index contributed by atoms with van der Waals surface area (Å²) in [6.07, 6.45) is -0.919. The summed E-state index contributed by atoms with van der Waals surface area (Å²) in [5, 5.41) is 0. The summed E-state index contributed by atoms with van der Waals surface area (Å²) in [5.41, 5.74) is -0.348. The van der Waals surface area contributed by atoms with Gasteiger partial charge >= 0.3 is 6.09 Å². The van der Waals surface area contributed by atoms with E-state index in [-0.39, 0.29) is 28.5 Å². The van der Waals surface area contributed by atoms with Crippen LogP contribution in [0.3, 0.4) is 0 Å². The van der Waals surface area contributed by atoms with E-state index in [1.54, 1.807) is 9.80 Å². The Balaban J connectivity index is 1.71. The van der Waals surface area contributed by atoms with E-state index in [0.717, 1.165) is 6.07 Å². The monoisotopic (exact) mass is 418 g/mol. The van der Waals surface area contributed by atoms with Crippen LogP contribution >= 0.6 is 15.9 Å². The lowest BCUT2D eigenvalue weighted by Gasteiger charge is -2.46. The van der Waals surface area contributed by atoms with Gasteiger partial charge in [-0.1, -0.05) is 0 Å². The zero-order valence-corrected chi connectivity index (χ0v) is 16.0. The van der Waals surface area contributed by atoms with Crippen LogP contribution in [0.4, 0.5) is 19.3 Å². The van der Waals surface area contributed by atoms with Crippen molar-refractivity contribution < 1.29 is 23.0 Å². The quantitative estimate of drug-likeness (QED) is 0.654. The van der Waals surface area contributed by atoms with Crippen LogP contribution in [-0.4, -0.2) is 55.0 Å². The first kappa shape index (κ1) is 18.4. The van der Waals surface area contributed by atoms with Gasteiger partial charge in [-0.2, -0.15) is 0 Å². The Hall–Kier alpha value is -1.41. The average Bonchev–Trinajstić information content (AvgIpc) is 2.48. The number of rotatable bonds is 1. The van der Waals surface area contributed by atoms with E-state index < -0.39 is 17.2 Å². The molecule has 2 fully saturated rings. The number of nitrogens with zero attached hydrogens (tertiary/aromatic N) is 2. The summed E-state index contributed by atoms with van der Waals surface area (Å²) in [7, 11) is 0. The van der Waals surface area contributed by atoms with Gasteiger partial charge < -0.3 is 19.3 Å². The maximum absolute atomic E-state index is 14.2. The van der Waals surface area contributed by atoms with Crippen LogP contribution in [0.1, 0.15) is 20.8 Å². The summed E-state index contributed by atoms with van der Waals surface area (Å²) < 4.78 is 39.4. The van der Waals surface area contributed by atoms with Crippen LogP contribution in [-0.2, 0) is 9.47 Å². The maximum Gasteiger partial charge on any atom is 0.410 e. The molecule has 8 heteroatoms. The Bertz CT molecular complexity index is 667. The van der Waals surface area contributed by atoms with E-state index in [1.807, 2.05) is 20.8 Å². The number of halogens is 3. The topological polar surface area (TPSA) is 42.0 Å². The summed E-state index contributed by atoms with van der Waals surface area (Å²) in [6.45, 7) is 6.95. The highest BCUT2D eigenvalue weighted by Gasteiger charge is 2.38. The molecule has 0 N–H and O–H groups in total. The van der Waals surface area contributed by atoms with Crippen molar-refractivity contribution in [2.75, 3.05) is 31.1 Å². The van der Waals surface area contributed by atoms with Crippen molar-refractivity contribution in [1.82, 2.24) is 4.90 Å². The first-order valence-electron chi connectivity index (χ1n) is 8.15. The maximum atomic E-state index is 14.2. The predicted octanol–water partition coefficient (Wildman–Crippen LogP) is 3.55. The molecule has 138 valence electrons. The molecule has 1 amide bonds.